The number of aromatic nitrogens is 4. The molecule has 8 heteroatoms. The van der Waals surface area contributed by atoms with Crippen LogP contribution in [0, 0.1) is 6.92 Å². The van der Waals surface area contributed by atoms with Crippen molar-refractivity contribution in [1.29, 1.82) is 0 Å². The largest absolute Gasteiger partial charge is 0.271 e. The molecule has 0 saturated heterocycles. The van der Waals surface area contributed by atoms with Crippen molar-refractivity contribution in [1.82, 2.24) is 25.6 Å². The van der Waals surface area contributed by atoms with Gasteiger partial charge in [0.15, 0.2) is 0 Å². The third-order valence-electron chi connectivity index (χ3n) is 4.14. The number of nitrogens with zero attached hydrogens (tertiary/aromatic N) is 5. The normalized spacial score (nSPS) is 11.1. The average Bonchev–Trinajstić information content (AvgIpc) is 3.38. The minimum absolute atomic E-state index is 0.258. The first-order valence-electron chi connectivity index (χ1n) is 8.99. The molecule has 2 aromatic carbocycles. The van der Waals surface area contributed by atoms with Crippen LogP contribution in [0.2, 0.25) is 0 Å². The lowest BCUT2D eigenvalue weighted by molar-refractivity contribution is 0.0955. The van der Waals surface area contributed by atoms with Crippen molar-refractivity contribution < 1.29 is 4.79 Å². The van der Waals surface area contributed by atoms with E-state index >= 15 is 0 Å². The van der Waals surface area contributed by atoms with Gasteiger partial charge in [-0.2, -0.15) is 9.90 Å². The summed E-state index contributed by atoms with van der Waals surface area (Å²) in [7, 11) is 0. The molecular weight excluding hydrogens is 384 g/mol. The molecule has 0 aliphatic rings. The second kappa shape index (κ2) is 8.57. The summed E-state index contributed by atoms with van der Waals surface area (Å²) in [6.45, 7) is 2.50. The highest BCUT2D eigenvalue weighted by Gasteiger charge is 2.07. The van der Waals surface area contributed by atoms with Gasteiger partial charge >= 0.3 is 0 Å². The molecule has 0 saturated carbocycles. The Labute approximate surface area is 171 Å². The van der Waals surface area contributed by atoms with Gasteiger partial charge in [0.25, 0.3) is 5.91 Å². The number of aryl methyl sites for hydroxylation is 1. The fraction of sp³-hybridized carbons (Fsp3) is 0.0952. The Bertz CT molecular complexity index is 1130. The highest BCUT2D eigenvalue weighted by atomic mass is 32.1. The van der Waals surface area contributed by atoms with Crippen LogP contribution in [0.5, 0.6) is 0 Å². The predicted molar refractivity (Wildman–Crippen MR) is 113 cm³/mol. The summed E-state index contributed by atoms with van der Waals surface area (Å²) in [5.41, 5.74) is 4.97. The van der Waals surface area contributed by atoms with E-state index in [0.29, 0.717) is 17.9 Å². The maximum atomic E-state index is 12.2. The van der Waals surface area contributed by atoms with E-state index in [-0.39, 0.29) is 5.91 Å². The molecule has 29 heavy (non-hydrogen) atoms. The fourth-order valence-electron chi connectivity index (χ4n) is 2.68. The van der Waals surface area contributed by atoms with Gasteiger partial charge in [0.05, 0.1) is 12.8 Å². The highest BCUT2D eigenvalue weighted by Crippen LogP contribution is 2.13. The van der Waals surface area contributed by atoms with E-state index in [1.165, 1.54) is 9.67 Å². The molecule has 4 aromatic rings. The Morgan fingerprint density at radius 2 is 1.90 bits per heavy atom. The van der Waals surface area contributed by atoms with Crippen molar-refractivity contribution in [2.45, 2.75) is 13.5 Å². The zero-order valence-corrected chi connectivity index (χ0v) is 16.5. The first-order chi connectivity index (χ1) is 14.2. The molecule has 0 aliphatic heterocycles. The van der Waals surface area contributed by atoms with Gasteiger partial charge in [-0.3, -0.25) is 4.79 Å². The summed E-state index contributed by atoms with van der Waals surface area (Å²) in [6.07, 6.45) is 1.64. The van der Waals surface area contributed by atoms with Crippen molar-refractivity contribution in [3.63, 3.8) is 0 Å². The summed E-state index contributed by atoms with van der Waals surface area (Å²) in [5, 5.41) is 16.6. The summed E-state index contributed by atoms with van der Waals surface area (Å²) >= 11 is 1.62. The van der Waals surface area contributed by atoms with E-state index in [1.807, 2.05) is 61.5 Å². The van der Waals surface area contributed by atoms with E-state index in [9.17, 15) is 4.79 Å². The number of nitrogens with one attached hydrogen (secondary N) is 1. The van der Waals surface area contributed by atoms with Crippen molar-refractivity contribution in [2.24, 2.45) is 5.10 Å². The first kappa shape index (κ1) is 18.7. The first-order valence-corrected chi connectivity index (χ1v) is 9.81. The van der Waals surface area contributed by atoms with Gasteiger partial charge < -0.3 is 0 Å². The van der Waals surface area contributed by atoms with E-state index < -0.39 is 0 Å². The molecule has 4 rings (SSSR count). The van der Waals surface area contributed by atoms with Gasteiger partial charge in [-0.05, 0) is 42.0 Å². The number of hydrazone groups is 1. The minimum Gasteiger partial charge on any atom is -0.267 e. The zero-order chi connectivity index (χ0) is 20.1. The van der Waals surface area contributed by atoms with Crippen LogP contribution in [-0.2, 0) is 6.54 Å². The predicted octanol–water partition coefficient (Wildman–Crippen LogP) is 3.52. The van der Waals surface area contributed by atoms with Crippen molar-refractivity contribution >= 4 is 23.5 Å². The summed E-state index contributed by atoms with van der Waals surface area (Å²) in [5.74, 6) is 0.326. The lowest BCUT2D eigenvalue weighted by Crippen LogP contribution is -2.17. The van der Waals surface area contributed by atoms with E-state index in [1.54, 1.807) is 29.7 Å². The van der Waals surface area contributed by atoms with Crippen LogP contribution in [0.15, 0.2) is 71.8 Å². The third kappa shape index (κ3) is 4.80. The molecule has 1 amide bonds. The molecule has 0 aliphatic carbocycles. The number of amides is 1. The Kier molecular flexibility index (Phi) is 5.53. The molecule has 0 unspecified atom stereocenters. The maximum Gasteiger partial charge on any atom is 0.271 e. The van der Waals surface area contributed by atoms with E-state index in [0.717, 1.165) is 16.0 Å². The van der Waals surface area contributed by atoms with Gasteiger partial charge in [0.1, 0.15) is 0 Å². The quantitative estimate of drug-likeness (QED) is 0.395. The Balaban J connectivity index is 1.36. The molecule has 144 valence electrons. The summed E-state index contributed by atoms with van der Waals surface area (Å²) in [4.78, 5) is 15.9. The third-order valence-corrected chi connectivity index (χ3v) is 5.08. The summed E-state index contributed by atoms with van der Waals surface area (Å²) in [6, 6.07) is 20.9. The topological polar surface area (TPSA) is 85.1 Å². The number of carbonyl (C=O) groups is 1. The number of thiophene rings is 1. The number of carbonyl (C=O) groups excluding carboxylic acids is 1. The number of hydrogen-bond donors (Lipinski definition) is 1. The SMILES string of the molecule is Cc1ccc(/C=N/NC(=O)c2ccc(Cn3nnc(-c4ccccc4)n3)cc2)s1. The van der Waals surface area contributed by atoms with Crippen LogP contribution in [-0.4, -0.2) is 32.3 Å². The van der Waals surface area contributed by atoms with Crippen LogP contribution in [0.1, 0.15) is 25.7 Å². The molecule has 7 nitrogen and oxygen atoms in total. The summed E-state index contributed by atoms with van der Waals surface area (Å²) < 4.78 is 0. The van der Waals surface area contributed by atoms with Crippen molar-refractivity contribution in [2.75, 3.05) is 0 Å². The van der Waals surface area contributed by atoms with Crippen LogP contribution in [0.25, 0.3) is 11.4 Å². The second-order valence-electron chi connectivity index (χ2n) is 6.35. The average molecular weight is 402 g/mol. The van der Waals surface area contributed by atoms with Crippen molar-refractivity contribution in [3.05, 3.63) is 87.6 Å². The monoisotopic (exact) mass is 402 g/mol. The number of rotatable bonds is 6. The fourth-order valence-corrected chi connectivity index (χ4v) is 3.43. The van der Waals surface area contributed by atoms with E-state index in [2.05, 4.69) is 25.9 Å². The Morgan fingerprint density at radius 1 is 1.10 bits per heavy atom. The van der Waals surface area contributed by atoms with Gasteiger partial charge in [-0.1, -0.05) is 42.5 Å². The molecular formula is C21H18N6OS. The van der Waals surface area contributed by atoms with E-state index in [4.69, 9.17) is 0 Å². The standard InChI is InChI=1S/C21H18N6OS/c1-15-7-12-19(29-15)13-22-24-21(28)18-10-8-16(9-11-18)14-27-25-20(23-26-27)17-5-3-2-4-6-17/h2-13H,14H2,1H3,(H,24,28)/b22-13+. The molecule has 0 bridgehead atoms. The Morgan fingerprint density at radius 3 is 2.62 bits per heavy atom. The van der Waals surface area contributed by atoms with Gasteiger partial charge in [-0.15, -0.1) is 21.5 Å². The van der Waals surface area contributed by atoms with Crippen LogP contribution < -0.4 is 5.43 Å². The molecule has 0 radical (unpaired) electrons. The van der Waals surface area contributed by atoms with Gasteiger partial charge in [0.2, 0.25) is 5.82 Å². The number of hydrogen-bond acceptors (Lipinski definition) is 6. The minimum atomic E-state index is -0.258. The molecule has 1 N–H and O–H groups in total. The van der Waals surface area contributed by atoms with Crippen molar-refractivity contribution in [3.8, 4) is 11.4 Å². The highest BCUT2D eigenvalue weighted by molar-refractivity contribution is 7.13. The number of tetrazole rings is 1. The van der Waals surface area contributed by atoms with Crippen LogP contribution in [0.3, 0.4) is 0 Å². The lowest BCUT2D eigenvalue weighted by atomic mass is 10.1. The maximum absolute atomic E-state index is 12.2. The lowest BCUT2D eigenvalue weighted by Gasteiger charge is -2.03. The molecule has 0 fully saturated rings. The molecule has 0 atom stereocenters. The molecule has 2 heterocycles. The molecule has 2 aromatic heterocycles. The molecule has 0 spiro atoms. The Hall–Kier alpha value is -3.65. The second-order valence-corrected chi connectivity index (χ2v) is 7.67. The van der Waals surface area contributed by atoms with Gasteiger partial charge in [0, 0.05) is 20.9 Å². The number of benzene rings is 2. The smallest absolute Gasteiger partial charge is 0.267 e. The van der Waals surface area contributed by atoms with Crippen LogP contribution in [0.4, 0.5) is 0 Å². The van der Waals surface area contributed by atoms with Crippen LogP contribution >= 0.6 is 11.3 Å². The zero-order valence-electron chi connectivity index (χ0n) is 15.7. The van der Waals surface area contributed by atoms with Gasteiger partial charge in [-0.25, -0.2) is 5.43 Å².